The molecule has 0 bridgehead atoms. The van der Waals surface area contributed by atoms with E-state index in [0.29, 0.717) is 22.8 Å². The number of amides is 1. The van der Waals surface area contributed by atoms with E-state index in [2.05, 4.69) is 15.3 Å². The Morgan fingerprint density at radius 1 is 0.950 bits per heavy atom. The van der Waals surface area contributed by atoms with Crippen LogP contribution in [0.3, 0.4) is 0 Å². The van der Waals surface area contributed by atoms with Gasteiger partial charge in [0.25, 0.3) is 5.91 Å². The van der Waals surface area contributed by atoms with Crippen molar-refractivity contribution in [1.82, 2.24) is 9.97 Å². The fraction of sp³-hybridized carbons (Fsp3) is 0.312. The molecule has 1 aromatic heterocycles. The molecular formula is C16H19N3O. The van der Waals surface area contributed by atoms with Gasteiger partial charge >= 0.3 is 0 Å². The van der Waals surface area contributed by atoms with E-state index in [4.69, 9.17) is 0 Å². The van der Waals surface area contributed by atoms with Crippen LogP contribution >= 0.6 is 0 Å². The molecule has 0 unspecified atom stereocenters. The van der Waals surface area contributed by atoms with Crippen LogP contribution in [0.2, 0.25) is 0 Å². The molecule has 0 saturated carbocycles. The highest BCUT2D eigenvalue weighted by Gasteiger charge is 2.16. The molecule has 2 rings (SSSR count). The lowest BCUT2D eigenvalue weighted by atomic mass is 10.1. The van der Waals surface area contributed by atoms with Crippen molar-refractivity contribution in [3.05, 3.63) is 52.1 Å². The Morgan fingerprint density at radius 3 is 1.95 bits per heavy atom. The van der Waals surface area contributed by atoms with Crippen LogP contribution in [0.25, 0.3) is 0 Å². The van der Waals surface area contributed by atoms with Gasteiger partial charge in [-0.25, -0.2) is 9.97 Å². The third-order valence-electron chi connectivity index (χ3n) is 3.33. The molecule has 4 heteroatoms. The highest BCUT2D eigenvalue weighted by atomic mass is 16.1. The first-order valence-electron chi connectivity index (χ1n) is 6.59. The summed E-state index contributed by atoms with van der Waals surface area (Å²) in [5.74, 6) is 0.529. The fourth-order valence-corrected chi connectivity index (χ4v) is 2.40. The summed E-state index contributed by atoms with van der Waals surface area (Å²) in [4.78, 5) is 21.0. The van der Waals surface area contributed by atoms with Gasteiger partial charge in [0.05, 0.1) is 17.0 Å². The van der Waals surface area contributed by atoms with Gasteiger partial charge < -0.3 is 5.32 Å². The monoisotopic (exact) mass is 269 g/mol. The topological polar surface area (TPSA) is 54.9 Å². The molecule has 4 nitrogen and oxygen atoms in total. The average molecular weight is 269 g/mol. The van der Waals surface area contributed by atoms with E-state index < -0.39 is 0 Å². The van der Waals surface area contributed by atoms with Crippen molar-refractivity contribution in [2.24, 2.45) is 0 Å². The van der Waals surface area contributed by atoms with Crippen molar-refractivity contribution in [3.63, 3.8) is 0 Å². The molecule has 0 fully saturated rings. The van der Waals surface area contributed by atoms with Crippen molar-refractivity contribution >= 4 is 11.6 Å². The highest BCUT2D eigenvalue weighted by molar-refractivity contribution is 6.06. The van der Waals surface area contributed by atoms with Crippen molar-refractivity contribution < 1.29 is 4.79 Å². The molecule has 2 aromatic rings. The third kappa shape index (κ3) is 2.69. The summed E-state index contributed by atoms with van der Waals surface area (Å²) >= 11 is 0. The van der Waals surface area contributed by atoms with Gasteiger partial charge in [-0.2, -0.15) is 0 Å². The zero-order chi connectivity index (χ0) is 14.9. The molecule has 104 valence electrons. The van der Waals surface area contributed by atoms with E-state index in [-0.39, 0.29) is 5.91 Å². The van der Waals surface area contributed by atoms with E-state index in [9.17, 15) is 4.79 Å². The van der Waals surface area contributed by atoms with E-state index in [1.165, 1.54) is 0 Å². The largest absolute Gasteiger partial charge is 0.321 e. The summed E-state index contributed by atoms with van der Waals surface area (Å²) in [5.41, 5.74) is 4.91. The van der Waals surface area contributed by atoms with E-state index >= 15 is 0 Å². The number of nitrogens with one attached hydrogen (secondary N) is 1. The van der Waals surface area contributed by atoms with E-state index in [0.717, 1.165) is 16.8 Å². The Bertz CT molecular complexity index is 634. The quantitative estimate of drug-likeness (QED) is 0.910. The summed E-state index contributed by atoms with van der Waals surface area (Å²) < 4.78 is 0. The number of hydrogen-bond acceptors (Lipinski definition) is 3. The lowest BCUT2D eigenvalue weighted by molar-refractivity contribution is 0.102. The number of rotatable bonds is 2. The zero-order valence-electron chi connectivity index (χ0n) is 12.5. The minimum atomic E-state index is -0.155. The Morgan fingerprint density at radius 2 is 1.45 bits per heavy atom. The standard InChI is InChI=1S/C16H19N3O/c1-9-7-6-8-10(2)15(9)19-16(20)14-11(3)17-13(5)18-12(14)4/h6-8H,1-5H3,(H,19,20). The predicted octanol–water partition coefficient (Wildman–Crippen LogP) is 3.27. The van der Waals surface area contributed by atoms with Crippen molar-refractivity contribution in [2.45, 2.75) is 34.6 Å². The normalized spacial score (nSPS) is 10.4. The SMILES string of the molecule is Cc1nc(C)c(C(=O)Nc2c(C)cccc2C)c(C)n1. The number of benzene rings is 1. The maximum Gasteiger partial charge on any atom is 0.259 e. The van der Waals surface area contributed by atoms with Gasteiger partial charge in [0.2, 0.25) is 0 Å². The van der Waals surface area contributed by atoms with Gasteiger partial charge in [0.15, 0.2) is 0 Å². The lowest BCUT2D eigenvalue weighted by Gasteiger charge is -2.13. The number of carbonyl (C=O) groups excluding carboxylic acids is 1. The van der Waals surface area contributed by atoms with Gasteiger partial charge in [0, 0.05) is 5.69 Å². The van der Waals surface area contributed by atoms with Gasteiger partial charge in [-0.05, 0) is 45.7 Å². The second kappa shape index (κ2) is 5.41. The van der Waals surface area contributed by atoms with Crippen LogP contribution in [0, 0.1) is 34.6 Å². The first-order valence-corrected chi connectivity index (χ1v) is 6.59. The Hall–Kier alpha value is -2.23. The van der Waals surface area contributed by atoms with Gasteiger partial charge in [-0.3, -0.25) is 4.79 Å². The maximum atomic E-state index is 12.5. The molecule has 1 amide bonds. The fourth-order valence-electron chi connectivity index (χ4n) is 2.40. The summed E-state index contributed by atoms with van der Waals surface area (Å²) in [6.07, 6.45) is 0. The average Bonchev–Trinajstić information content (AvgIpc) is 2.32. The van der Waals surface area contributed by atoms with Crippen LogP contribution in [-0.2, 0) is 0 Å². The van der Waals surface area contributed by atoms with E-state index in [1.54, 1.807) is 0 Å². The summed E-state index contributed by atoms with van der Waals surface area (Å²) in [5, 5.41) is 2.98. The first-order chi connectivity index (χ1) is 9.40. The summed E-state index contributed by atoms with van der Waals surface area (Å²) in [7, 11) is 0. The molecule has 0 atom stereocenters. The Kier molecular flexibility index (Phi) is 3.84. The van der Waals surface area contributed by atoms with Crippen LogP contribution in [0.1, 0.15) is 38.7 Å². The molecule has 0 aliphatic heterocycles. The molecule has 0 saturated heterocycles. The van der Waals surface area contributed by atoms with Gasteiger partial charge in [0.1, 0.15) is 5.82 Å². The van der Waals surface area contributed by atoms with Crippen molar-refractivity contribution in [1.29, 1.82) is 0 Å². The molecule has 0 radical (unpaired) electrons. The van der Waals surface area contributed by atoms with Gasteiger partial charge in [-0.1, -0.05) is 18.2 Å². The number of para-hydroxylation sites is 1. The Labute approximate surface area is 119 Å². The van der Waals surface area contributed by atoms with Crippen LogP contribution in [0.5, 0.6) is 0 Å². The number of anilines is 1. The van der Waals surface area contributed by atoms with Crippen LogP contribution < -0.4 is 5.32 Å². The van der Waals surface area contributed by atoms with Crippen molar-refractivity contribution in [3.8, 4) is 0 Å². The second-order valence-corrected chi connectivity index (χ2v) is 5.04. The molecule has 0 spiro atoms. The first kappa shape index (κ1) is 14.2. The maximum absolute atomic E-state index is 12.5. The molecule has 1 N–H and O–H groups in total. The van der Waals surface area contributed by atoms with Crippen LogP contribution in [-0.4, -0.2) is 15.9 Å². The lowest BCUT2D eigenvalue weighted by Crippen LogP contribution is -2.18. The minimum absolute atomic E-state index is 0.155. The predicted molar refractivity (Wildman–Crippen MR) is 80.1 cm³/mol. The van der Waals surface area contributed by atoms with E-state index in [1.807, 2.05) is 52.8 Å². The molecule has 0 aliphatic rings. The van der Waals surface area contributed by atoms with Gasteiger partial charge in [-0.15, -0.1) is 0 Å². The Balaban J connectivity index is 2.39. The number of aryl methyl sites for hydroxylation is 5. The molecule has 1 heterocycles. The number of nitrogens with zero attached hydrogens (tertiary/aromatic N) is 2. The molecular weight excluding hydrogens is 250 g/mol. The molecule has 1 aromatic carbocycles. The minimum Gasteiger partial charge on any atom is -0.321 e. The highest BCUT2D eigenvalue weighted by Crippen LogP contribution is 2.21. The zero-order valence-corrected chi connectivity index (χ0v) is 12.5. The number of carbonyl (C=O) groups is 1. The molecule has 20 heavy (non-hydrogen) atoms. The summed E-state index contributed by atoms with van der Waals surface area (Å²) in [6.45, 7) is 9.46. The third-order valence-corrected chi connectivity index (χ3v) is 3.33. The summed E-state index contributed by atoms with van der Waals surface area (Å²) in [6, 6.07) is 5.94. The smallest absolute Gasteiger partial charge is 0.259 e. The molecule has 0 aliphatic carbocycles. The number of aromatic nitrogens is 2. The van der Waals surface area contributed by atoms with Crippen LogP contribution in [0.4, 0.5) is 5.69 Å². The number of hydrogen-bond donors (Lipinski definition) is 1. The van der Waals surface area contributed by atoms with Crippen molar-refractivity contribution in [2.75, 3.05) is 5.32 Å². The van der Waals surface area contributed by atoms with Crippen LogP contribution in [0.15, 0.2) is 18.2 Å². The second-order valence-electron chi connectivity index (χ2n) is 5.04.